The number of rotatable bonds is 6. The third-order valence-electron chi connectivity index (χ3n) is 4.83. The molecule has 0 aliphatic carbocycles. The molecule has 2 aromatic heterocycles. The summed E-state index contributed by atoms with van der Waals surface area (Å²) < 4.78 is 31.0. The molecule has 1 fully saturated rings. The van der Waals surface area contributed by atoms with E-state index in [1.807, 2.05) is 5.01 Å². The number of nitrogens with one attached hydrogen (secondary N) is 1. The van der Waals surface area contributed by atoms with Gasteiger partial charge >= 0.3 is 0 Å². The Morgan fingerprint density at radius 3 is 2.73 bits per heavy atom. The lowest BCUT2D eigenvalue weighted by Crippen LogP contribution is -2.48. The molecule has 3 aromatic rings. The largest absolute Gasteiger partial charge is 0.471 e. The Balaban J connectivity index is 1.45. The van der Waals surface area contributed by atoms with Crippen molar-refractivity contribution in [3.8, 4) is 17.1 Å². The molecule has 1 N–H and O–H groups in total. The Morgan fingerprint density at radius 2 is 2.00 bits per heavy atom. The third kappa shape index (κ3) is 4.34. The van der Waals surface area contributed by atoms with E-state index in [0.717, 1.165) is 11.1 Å². The molecule has 1 saturated heterocycles. The zero-order chi connectivity index (χ0) is 21.1. The topological polar surface area (TPSA) is 94.6 Å². The normalized spacial score (nSPS) is 14.6. The van der Waals surface area contributed by atoms with Crippen LogP contribution in [-0.2, 0) is 18.4 Å². The summed E-state index contributed by atoms with van der Waals surface area (Å²) in [6.07, 6.45) is 0. The van der Waals surface area contributed by atoms with Gasteiger partial charge < -0.3 is 14.0 Å². The Bertz CT molecular complexity index is 1020. The fraction of sp³-hybridized carbons (Fsp3) is 0.350. The molecule has 4 rings (SSSR count). The number of aryl methyl sites for hydroxylation is 2. The molecule has 1 aromatic carbocycles. The van der Waals surface area contributed by atoms with E-state index < -0.39 is 0 Å². The Labute approximate surface area is 172 Å². The van der Waals surface area contributed by atoms with E-state index in [9.17, 15) is 9.18 Å². The quantitative estimate of drug-likeness (QED) is 0.659. The molecule has 0 radical (unpaired) electrons. The molecule has 1 aliphatic rings. The number of aromatic nitrogens is 3. The van der Waals surface area contributed by atoms with Crippen LogP contribution in [0.25, 0.3) is 11.3 Å². The zero-order valence-electron chi connectivity index (χ0n) is 16.7. The third-order valence-corrected chi connectivity index (χ3v) is 4.83. The summed E-state index contributed by atoms with van der Waals surface area (Å²) in [6.45, 7) is 4.34. The average Bonchev–Trinajstić information content (AvgIpc) is 3.30. The van der Waals surface area contributed by atoms with Gasteiger partial charge in [-0.25, -0.2) is 9.40 Å². The van der Waals surface area contributed by atoms with Crippen LogP contribution in [0.2, 0.25) is 0 Å². The number of amides is 1. The standard InChI is InChI=1S/C20H22FN5O4/c1-13-16(19(24-30-13)14-3-5-15(21)6-4-14)12-29-18-11-17(25(2)22-18)20(27)23-26-7-9-28-10-8-26/h3-6,11H,7-10,12H2,1-2H3,(H,23,27). The first-order valence-corrected chi connectivity index (χ1v) is 9.53. The summed E-state index contributed by atoms with van der Waals surface area (Å²) in [5, 5.41) is 10.1. The van der Waals surface area contributed by atoms with Gasteiger partial charge in [0.05, 0.1) is 18.8 Å². The monoisotopic (exact) mass is 415 g/mol. The lowest BCUT2D eigenvalue weighted by atomic mass is 10.1. The molecule has 0 atom stereocenters. The van der Waals surface area contributed by atoms with Crippen molar-refractivity contribution in [2.45, 2.75) is 13.5 Å². The molecular formula is C20H22FN5O4. The number of nitrogens with zero attached hydrogens (tertiary/aromatic N) is 4. The Morgan fingerprint density at radius 1 is 1.27 bits per heavy atom. The minimum absolute atomic E-state index is 0.142. The van der Waals surface area contributed by atoms with Crippen molar-refractivity contribution < 1.29 is 23.2 Å². The lowest BCUT2D eigenvalue weighted by molar-refractivity contribution is 0.0123. The summed E-state index contributed by atoms with van der Waals surface area (Å²) in [5.74, 6) is 0.300. The van der Waals surface area contributed by atoms with E-state index in [1.165, 1.54) is 16.8 Å². The molecule has 0 saturated carbocycles. The first-order chi connectivity index (χ1) is 14.5. The van der Waals surface area contributed by atoms with Crippen molar-refractivity contribution in [1.82, 2.24) is 25.4 Å². The number of halogens is 1. The number of benzene rings is 1. The predicted molar refractivity (Wildman–Crippen MR) is 104 cm³/mol. The molecule has 1 aliphatic heterocycles. The molecular weight excluding hydrogens is 393 g/mol. The summed E-state index contributed by atoms with van der Waals surface area (Å²) in [4.78, 5) is 12.5. The molecule has 30 heavy (non-hydrogen) atoms. The number of morpholine rings is 1. The fourth-order valence-electron chi connectivity index (χ4n) is 3.14. The summed E-state index contributed by atoms with van der Waals surface area (Å²) in [7, 11) is 1.68. The lowest BCUT2D eigenvalue weighted by Gasteiger charge is -2.26. The van der Waals surface area contributed by atoms with E-state index in [2.05, 4.69) is 15.7 Å². The number of hydrazine groups is 1. The van der Waals surface area contributed by atoms with Gasteiger partial charge in [0.2, 0.25) is 5.88 Å². The van der Waals surface area contributed by atoms with Crippen molar-refractivity contribution in [3.63, 3.8) is 0 Å². The van der Waals surface area contributed by atoms with Crippen molar-refractivity contribution in [3.05, 3.63) is 53.2 Å². The summed E-state index contributed by atoms with van der Waals surface area (Å²) >= 11 is 0. The van der Waals surface area contributed by atoms with Gasteiger partial charge in [0, 0.05) is 31.8 Å². The molecule has 9 nitrogen and oxygen atoms in total. The van der Waals surface area contributed by atoms with Gasteiger partial charge in [0.15, 0.2) is 0 Å². The second-order valence-corrected chi connectivity index (χ2v) is 6.89. The number of carbonyl (C=O) groups is 1. The summed E-state index contributed by atoms with van der Waals surface area (Å²) in [6, 6.07) is 7.57. The average molecular weight is 415 g/mol. The van der Waals surface area contributed by atoms with Crippen LogP contribution in [-0.4, -0.2) is 52.2 Å². The van der Waals surface area contributed by atoms with Crippen LogP contribution < -0.4 is 10.2 Å². The van der Waals surface area contributed by atoms with E-state index in [4.69, 9.17) is 14.0 Å². The fourth-order valence-corrected chi connectivity index (χ4v) is 3.14. The van der Waals surface area contributed by atoms with E-state index in [-0.39, 0.29) is 18.3 Å². The number of hydrogen-bond donors (Lipinski definition) is 1. The van der Waals surface area contributed by atoms with Crippen molar-refractivity contribution in [2.75, 3.05) is 26.3 Å². The maximum absolute atomic E-state index is 13.2. The van der Waals surface area contributed by atoms with Crippen LogP contribution in [0.1, 0.15) is 21.8 Å². The van der Waals surface area contributed by atoms with E-state index >= 15 is 0 Å². The van der Waals surface area contributed by atoms with Gasteiger partial charge in [0.1, 0.15) is 29.6 Å². The minimum atomic E-state index is -0.326. The van der Waals surface area contributed by atoms with Crippen LogP contribution in [0.5, 0.6) is 5.88 Å². The first kappa shape index (κ1) is 20.0. The van der Waals surface area contributed by atoms with Gasteiger partial charge in [-0.05, 0) is 31.2 Å². The van der Waals surface area contributed by atoms with Crippen molar-refractivity contribution >= 4 is 5.91 Å². The highest BCUT2D eigenvalue weighted by atomic mass is 19.1. The van der Waals surface area contributed by atoms with E-state index in [0.29, 0.717) is 49.3 Å². The summed E-state index contributed by atoms with van der Waals surface area (Å²) in [5.41, 5.74) is 5.24. The number of ether oxygens (including phenoxy) is 2. The van der Waals surface area contributed by atoms with Crippen molar-refractivity contribution in [1.29, 1.82) is 0 Å². The van der Waals surface area contributed by atoms with Crippen LogP contribution in [0.4, 0.5) is 4.39 Å². The smallest absolute Gasteiger partial charge is 0.283 e. The molecule has 3 heterocycles. The van der Waals surface area contributed by atoms with Crippen LogP contribution >= 0.6 is 0 Å². The zero-order valence-corrected chi connectivity index (χ0v) is 16.7. The second-order valence-electron chi connectivity index (χ2n) is 6.89. The van der Waals surface area contributed by atoms with Gasteiger partial charge in [-0.3, -0.25) is 14.9 Å². The van der Waals surface area contributed by atoms with Crippen molar-refractivity contribution in [2.24, 2.45) is 7.05 Å². The Kier molecular flexibility index (Phi) is 5.77. The highest BCUT2D eigenvalue weighted by molar-refractivity contribution is 5.92. The highest BCUT2D eigenvalue weighted by Crippen LogP contribution is 2.26. The van der Waals surface area contributed by atoms with Crippen LogP contribution in [0, 0.1) is 12.7 Å². The highest BCUT2D eigenvalue weighted by Gasteiger charge is 2.20. The molecule has 0 spiro atoms. The van der Waals surface area contributed by atoms with Gasteiger partial charge in [-0.2, -0.15) is 0 Å². The molecule has 158 valence electrons. The molecule has 10 heteroatoms. The number of hydrogen-bond acceptors (Lipinski definition) is 7. The maximum Gasteiger partial charge on any atom is 0.283 e. The first-order valence-electron chi connectivity index (χ1n) is 9.53. The number of carbonyl (C=O) groups excluding carboxylic acids is 1. The Hall–Kier alpha value is -3.24. The molecule has 0 unspecified atom stereocenters. The minimum Gasteiger partial charge on any atom is -0.471 e. The van der Waals surface area contributed by atoms with Gasteiger partial charge in [0.25, 0.3) is 5.91 Å². The molecule has 0 bridgehead atoms. The van der Waals surface area contributed by atoms with E-state index in [1.54, 1.807) is 32.2 Å². The van der Waals surface area contributed by atoms with Crippen LogP contribution in [0.3, 0.4) is 0 Å². The predicted octanol–water partition coefficient (Wildman–Crippen LogP) is 2.08. The molecule has 1 amide bonds. The van der Waals surface area contributed by atoms with Gasteiger partial charge in [-0.15, -0.1) is 5.10 Å². The maximum atomic E-state index is 13.2. The SMILES string of the molecule is Cc1onc(-c2ccc(F)cc2)c1COc1cc(C(=O)NN2CCOCC2)n(C)n1. The second kappa shape index (κ2) is 8.64. The van der Waals surface area contributed by atoms with Crippen LogP contribution in [0.15, 0.2) is 34.9 Å². The van der Waals surface area contributed by atoms with Gasteiger partial charge in [-0.1, -0.05) is 5.16 Å².